The van der Waals surface area contributed by atoms with Crippen molar-refractivity contribution in [1.29, 1.82) is 0 Å². The number of esters is 1. The van der Waals surface area contributed by atoms with Crippen LogP contribution in [-0.4, -0.2) is 52.8 Å². The number of ketones is 1. The Morgan fingerprint density at radius 1 is 1.00 bits per heavy atom. The third-order valence-electron chi connectivity index (χ3n) is 3.83. The van der Waals surface area contributed by atoms with Gasteiger partial charge in [-0.2, -0.15) is 4.80 Å². The number of aromatic nitrogens is 4. The number of carbonyl (C=O) groups is 2. The lowest BCUT2D eigenvalue weighted by molar-refractivity contribution is -0.143. The first-order valence-electron chi connectivity index (χ1n) is 8.35. The van der Waals surface area contributed by atoms with Crippen LogP contribution < -0.4 is 9.47 Å². The molecule has 144 valence electrons. The third kappa shape index (κ3) is 4.50. The molecule has 2 aromatic carbocycles. The summed E-state index contributed by atoms with van der Waals surface area (Å²) >= 11 is 0. The number of hydrogen-bond donors (Lipinski definition) is 0. The van der Waals surface area contributed by atoms with Gasteiger partial charge in [-0.25, -0.2) is 4.79 Å². The number of methoxy groups -OCH3 is 2. The van der Waals surface area contributed by atoms with E-state index in [1.807, 2.05) is 0 Å². The minimum absolute atomic E-state index is 0.262. The predicted molar refractivity (Wildman–Crippen MR) is 98.1 cm³/mol. The van der Waals surface area contributed by atoms with Crippen molar-refractivity contribution < 1.29 is 23.8 Å². The zero-order valence-corrected chi connectivity index (χ0v) is 15.4. The molecule has 3 rings (SSSR count). The molecular weight excluding hydrogens is 364 g/mol. The fourth-order valence-electron chi connectivity index (χ4n) is 2.42. The maximum Gasteiger partial charge on any atom is 0.330 e. The summed E-state index contributed by atoms with van der Waals surface area (Å²) in [5.74, 6) is 0.488. The number of rotatable bonds is 8. The van der Waals surface area contributed by atoms with Crippen molar-refractivity contribution in [3.63, 3.8) is 0 Å². The van der Waals surface area contributed by atoms with Crippen molar-refractivity contribution in [2.45, 2.75) is 6.54 Å². The highest BCUT2D eigenvalue weighted by atomic mass is 16.5. The Balaban J connectivity index is 1.60. The molecule has 1 aromatic heterocycles. The van der Waals surface area contributed by atoms with E-state index in [1.165, 1.54) is 7.11 Å². The molecular formula is C19H18N4O5. The molecule has 28 heavy (non-hydrogen) atoms. The Hall–Kier alpha value is -3.75. The highest BCUT2D eigenvalue weighted by Crippen LogP contribution is 2.30. The minimum Gasteiger partial charge on any atom is -0.493 e. The van der Waals surface area contributed by atoms with E-state index in [4.69, 9.17) is 14.2 Å². The summed E-state index contributed by atoms with van der Waals surface area (Å²) in [5, 5.41) is 11.9. The highest BCUT2D eigenvalue weighted by Gasteiger charge is 2.14. The number of nitrogens with zero attached hydrogens (tertiary/aromatic N) is 4. The molecule has 0 amide bonds. The summed E-state index contributed by atoms with van der Waals surface area (Å²) < 4.78 is 15.4. The van der Waals surface area contributed by atoms with Crippen LogP contribution in [0.15, 0.2) is 48.5 Å². The van der Waals surface area contributed by atoms with E-state index in [0.717, 1.165) is 4.80 Å². The second-order valence-electron chi connectivity index (χ2n) is 5.66. The molecule has 3 aromatic rings. The quantitative estimate of drug-likeness (QED) is 0.429. The van der Waals surface area contributed by atoms with Crippen LogP contribution in [0.4, 0.5) is 0 Å². The van der Waals surface area contributed by atoms with Gasteiger partial charge in [-0.3, -0.25) is 4.79 Å². The van der Waals surface area contributed by atoms with Crippen LogP contribution in [0.25, 0.3) is 11.4 Å². The molecule has 0 radical (unpaired) electrons. The Bertz CT molecular complexity index is 971. The number of hydrogen-bond acceptors (Lipinski definition) is 8. The maximum atomic E-state index is 12.0. The fraction of sp³-hybridized carbons (Fsp3) is 0.211. The van der Waals surface area contributed by atoms with Crippen LogP contribution >= 0.6 is 0 Å². The standard InChI is InChI=1S/C19H18N4O5/c1-26-16-9-8-14(10-17(16)27-2)19-20-22-23(21-19)11-18(25)28-12-15(24)13-6-4-3-5-7-13/h3-10H,11-12H2,1-2H3. The summed E-state index contributed by atoms with van der Waals surface area (Å²) in [6.07, 6.45) is 0. The zero-order chi connectivity index (χ0) is 19.9. The number of tetrazole rings is 1. The van der Waals surface area contributed by atoms with Gasteiger partial charge in [0.05, 0.1) is 14.2 Å². The van der Waals surface area contributed by atoms with E-state index in [1.54, 1.807) is 55.6 Å². The van der Waals surface area contributed by atoms with Crippen molar-refractivity contribution in [2.24, 2.45) is 0 Å². The van der Waals surface area contributed by atoms with Gasteiger partial charge in [0.15, 0.2) is 30.4 Å². The Morgan fingerprint density at radius 3 is 2.46 bits per heavy atom. The van der Waals surface area contributed by atoms with Gasteiger partial charge >= 0.3 is 5.97 Å². The predicted octanol–water partition coefficient (Wildman–Crippen LogP) is 1.78. The van der Waals surface area contributed by atoms with Crippen LogP contribution in [-0.2, 0) is 16.1 Å². The molecule has 0 aliphatic carbocycles. The fourth-order valence-corrected chi connectivity index (χ4v) is 2.42. The molecule has 0 fully saturated rings. The van der Waals surface area contributed by atoms with Gasteiger partial charge in [0.25, 0.3) is 0 Å². The van der Waals surface area contributed by atoms with E-state index < -0.39 is 5.97 Å². The minimum atomic E-state index is -0.638. The molecule has 0 atom stereocenters. The molecule has 9 heteroatoms. The molecule has 0 aliphatic rings. The van der Waals surface area contributed by atoms with Crippen LogP contribution in [0.3, 0.4) is 0 Å². The van der Waals surface area contributed by atoms with Crippen molar-refractivity contribution in [2.75, 3.05) is 20.8 Å². The summed E-state index contributed by atoms with van der Waals surface area (Å²) in [6.45, 7) is -0.609. The maximum absolute atomic E-state index is 12.0. The molecule has 1 heterocycles. The summed E-state index contributed by atoms with van der Waals surface area (Å²) in [6, 6.07) is 13.8. The van der Waals surface area contributed by atoms with Crippen molar-refractivity contribution in [1.82, 2.24) is 20.2 Å². The van der Waals surface area contributed by atoms with Crippen LogP contribution in [0, 0.1) is 0 Å². The van der Waals surface area contributed by atoms with Gasteiger partial charge in [0.2, 0.25) is 5.82 Å². The molecule has 0 saturated carbocycles. The highest BCUT2D eigenvalue weighted by molar-refractivity contribution is 5.97. The topological polar surface area (TPSA) is 105 Å². The molecule has 9 nitrogen and oxygen atoms in total. The second kappa shape index (κ2) is 8.76. The first kappa shape index (κ1) is 19.0. The van der Waals surface area contributed by atoms with E-state index in [0.29, 0.717) is 28.5 Å². The largest absolute Gasteiger partial charge is 0.493 e. The number of carbonyl (C=O) groups excluding carboxylic acids is 2. The van der Waals surface area contributed by atoms with E-state index in [2.05, 4.69) is 15.4 Å². The molecule has 0 N–H and O–H groups in total. The van der Waals surface area contributed by atoms with Crippen LogP contribution in [0.1, 0.15) is 10.4 Å². The molecule has 0 bridgehead atoms. The monoisotopic (exact) mass is 382 g/mol. The summed E-state index contributed by atoms with van der Waals surface area (Å²) in [4.78, 5) is 25.0. The second-order valence-corrected chi connectivity index (χ2v) is 5.66. The number of Topliss-reactive ketones (excluding diaryl/α,β-unsaturated/α-hetero) is 1. The van der Waals surface area contributed by atoms with Crippen LogP contribution in [0.2, 0.25) is 0 Å². The van der Waals surface area contributed by atoms with Crippen molar-refractivity contribution >= 4 is 11.8 Å². The average Bonchev–Trinajstić information content (AvgIpc) is 3.20. The lowest BCUT2D eigenvalue weighted by Gasteiger charge is -2.07. The van der Waals surface area contributed by atoms with E-state index >= 15 is 0 Å². The van der Waals surface area contributed by atoms with Crippen LogP contribution in [0.5, 0.6) is 11.5 Å². The molecule has 0 spiro atoms. The first-order valence-corrected chi connectivity index (χ1v) is 8.35. The van der Waals surface area contributed by atoms with E-state index in [-0.39, 0.29) is 18.9 Å². The van der Waals surface area contributed by atoms with Gasteiger partial charge in [-0.15, -0.1) is 10.2 Å². The Labute approximate surface area is 160 Å². The normalized spacial score (nSPS) is 10.4. The molecule has 0 saturated heterocycles. The van der Waals surface area contributed by atoms with Gasteiger partial charge in [-0.05, 0) is 23.4 Å². The van der Waals surface area contributed by atoms with Gasteiger partial charge < -0.3 is 14.2 Å². The van der Waals surface area contributed by atoms with Gasteiger partial charge in [0.1, 0.15) is 0 Å². The molecule has 0 aliphatic heterocycles. The average molecular weight is 382 g/mol. The van der Waals surface area contributed by atoms with Crippen molar-refractivity contribution in [3.8, 4) is 22.9 Å². The number of ether oxygens (including phenoxy) is 3. The zero-order valence-electron chi connectivity index (χ0n) is 15.4. The van der Waals surface area contributed by atoms with Gasteiger partial charge in [-0.1, -0.05) is 30.3 Å². The lowest BCUT2D eigenvalue weighted by Crippen LogP contribution is -2.19. The summed E-state index contributed by atoms with van der Waals surface area (Å²) in [7, 11) is 3.07. The number of benzene rings is 2. The third-order valence-corrected chi connectivity index (χ3v) is 3.83. The lowest BCUT2D eigenvalue weighted by atomic mass is 10.1. The molecule has 0 unspecified atom stereocenters. The van der Waals surface area contributed by atoms with Gasteiger partial charge in [0, 0.05) is 11.1 Å². The SMILES string of the molecule is COc1ccc(-c2nnn(CC(=O)OCC(=O)c3ccccc3)n2)cc1OC. The summed E-state index contributed by atoms with van der Waals surface area (Å²) in [5.41, 5.74) is 1.13. The van der Waals surface area contributed by atoms with E-state index in [9.17, 15) is 9.59 Å². The smallest absolute Gasteiger partial charge is 0.330 e. The van der Waals surface area contributed by atoms with Crippen molar-refractivity contribution in [3.05, 3.63) is 54.1 Å². The Kier molecular flexibility index (Phi) is 5.95. The first-order chi connectivity index (χ1) is 13.6. The Morgan fingerprint density at radius 2 is 1.75 bits per heavy atom.